The average Bonchev–Trinajstić information content (AvgIpc) is 3.33. The van der Waals surface area contributed by atoms with Crippen LogP contribution in [0.1, 0.15) is 47.6 Å². The number of carbonyl (C=O) groups excluding carboxylic acids is 1. The molecule has 4 rings (SSSR count). The van der Waals surface area contributed by atoms with E-state index in [4.69, 9.17) is 4.74 Å². The number of hydrogen-bond acceptors (Lipinski definition) is 4. The van der Waals surface area contributed by atoms with Gasteiger partial charge < -0.3 is 14.6 Å². The number of imidazole rings is 1. The summed E-state index contributed by atoms with van der Waals surface area (Å²) in [6.45, 7) is 2.38. The van der Waals surface area contributed by atoms with E-state index in [2.05, 4.69) is 21.1 Å². The van der Waals surface area contributed by atoms with Gasteiger partial charge in [0, 0.05) is 36.4 Å². The highest BCUT2D eigenvalue weighted by Gasteiger charge is 2.18. The fourth-order valence-electron chi connectivity index (χ4n) is 3.56. The Morgan fingerprint density at radius 2 is 2.23 bits per heavy atom. The zero-order valence-corrected chi connectivity index (χ0v) is 15.8. The maximum Gasteiger partial charge on any atom is 0.252 e. The highest BCUT2D eigenvalue weighted by atomic mass is 32.2. The molecule has 1 N–H and O–H groups in total. The molecule has 3 heterocycles. The third-order valence-corrected chi connectivity index (χ3v) is 6.17. The lowest BCUT2D eigenvalue weighted by atomic mass is 10.2. The van der Waals surface area contributed by atoms with Gasteiger partial charge in [-0.15, -0.1) is 11.8 Å². The van der Waals surface area contributed by atoms with E-state index < -0.39 is 0 Å². The number of nitrogens with zero attached hydrogens (tertiary/aromatic N) is 2. The van der Waals surface area contributed by atoms with Gasteiger partial charge in [-0.1, -0.05) is 12.1 Å². The predicted octanol–water partition coefficient (Wildman–Crippen LogP) is 3.42. The van der Waals surface area contributed by atoms with Crippen molar-refractivity contribution in [2.75, 3.05) is 12.4 Å². The third kappa shape index (κ3) is 4.13. The van der Waals surface area contributed by atoms with Gasteiger partial charge in [0.1, 0.15) is 5.82 Å². The first kappa shape index (κ1) is 17.6. The number of benzene rings is 1. The summed E-state index contributed by atoms with van der Waals surface area (Å²) in [4.78, 5) is 18.4. The van der Waals surface area contributed by atoms with E-state index in [9.17, 15) is 4.79 Å². The third-order valence-electron chi connectivity index (χ3n) is 4.97. The number of amides is 1. The molecule has 5 nitrogen and oxygen atoms in total. The second kappa shape index (κ2) is 8.27. The predicted molar refractivity (Wildman–Crippen MR) is 102 cm³/mol. The van der Waals surface area contributed by atoms with Gasteiger partial charge in [-0.05, 0) is 37.8 Å². The molecule has 1 atom stereocenters. The lowest BCUT2D eigenvalue weighted by molar-refractivity contribution is 0.0947. The molecular weight excluding hydrogens is 346 g/mol. The van der Waals surface area contributed by atoms with E-state index >= 15 is 0 Å². The van der Waals surface area contributed by atoms with Gasteiger partial charge in [0.25, 0.3) is 5.91 Å². The fourth-order valence-corrected chi connectivity index (χ4v) is 4.68. The van der Waals surface area contributed by atoms with E-state index in [1.54, 1.807) is 11.8 Å². The summed E-state index contributed by atoms with van der Waals surface area (Å²) in [6.07, 6.45) is 8.11. The molecular formula is C20H25N3O2S. The number of nitrogens with one attached hydrogen (secondary N) is 1. The van der Waals surface area contributed by atoms with Gasteiger partial charge in [0.2, 0.25) is 0 Å². The Balaban J connectivity index is 1.37. The summed E-state index contributed by atoms with van der Waals surface area (Å²) in [7, 11) is 0. The standard InChI is InChI=1S/C20H25N3O2S/c24-20(21-12-15-13-23-10-4-3-9-19(23)22-15)17-7-1-2-8-18(17)26-14-16-6-5-11-25-16/h1-2,7-8,13,16H,3-6,9-12,14H2,(H,21,24). The lowest BCUT2D eigenvalue weighted by Crippen LogP contribution is -2.23. The number of thioether (sulfide) groups is 1. The Morgan fingerprint density at radius 3 is 3.08 bits per heavy atom. The highest BCUT2D eigenvalue weighted by Crippen LogP contribution is 2.26. The first-order valence-electron chi connectivity index (χ1n) is 9.46. The monoisotopic (exact) mass is 371 g/mol. The number of ether oxygens (including phenoxy) is 1. The fraction of sp³-hybridized carbons (Fsp3) is 0.500. The Morgan fingerprint density at radius 1 is 1.31 bits per heavy atom. The van der Waals surface area contributed by atoms with Crippen LogP contribution in [0.25, 0.3) is 0 Å². The Hall–Kier alpha value is -1.79. The van der Waals surface area contributed by atoms with Crippen LogP contribution < -0.4 is 5.32 Å². The first-order chi connectivity index (χ1) is 12.8. The maximum atomic E-state index is 12.7. The summed E-state index contributed by atoms with van der Waals surface area (Å²) >= 11 is 1.71. The largest absolute Gasteiger partial charge is 0.377 e. The second-order valence-corrected chi connectivity index (χ2v) is 7.99. The molecule has 0 radical (unpaired) electrons. The van der Waals surface area contributed by atoms with E-state index in [0.717, 1.165) is 60.1 Å². The first-order valence-corrected chi connectivity index (χ1v) is 10.4. The molecule has 2 aliphatic heterocycles. The van der Waals surface area contributed by atoms with E-state index in [0.29, 0.717) is 12.6 Å². The van der Waals surface area contributed by atoms with Crippen LogP contribution in [0.4, 0.5) is 0 Å². The van der Waals surface area contributed by atoms with E-state index in [1.165, 1.54) is 12.8 Å². The van der Waals surface area contributed by atoms with Crippen LogP contribution in [0.15, 0.2) is 35.4 Å². The minimum atomic E-state index is -0.0357. The van der Waals surface area contributed by atoms with Gasteiger partial charge in [0.15, 0.2) is 0 Å². The number of carbonyl (C=O) groups is 1. The minimum Gasteiger partial charge on any atom is -0.377 e. The van der Waals surface area contributed by atoms with Gasteiger partial charge in [-0.25, -0.2) is 4.98 Å². The molecule has 0 aliphatic carbocycles. The summed E-state index contributed by atoms with van der Waals surface area (Å²) in [6, 6.07) is 7.81. The highest BCUT2D eigenvalue weighted by molar-refractivity contribution is 7.99. The van der Waals surface area contributed by atoms with Crippen molar-refractivity contribution in [2.45, 2.75) is 56.2 Å². The van der Waals surface area contributed by atoms with Crippen LogP contribution in [0.5, 0.6) is 0 Å². The molecule has 1 amide bonds. The number of fused-ring (bicyclic) bond motifs is 1. The molecule has 0 saturated carbocycles. The van der Waals surface area contributed by atoms with Crippen LogP contribution in [0.2, 0.25) is 0 Å². The van der Waals surface area contributed by atoms with Crippen LogP contribution in [0, 0.1) is 0 Å². The molecule has 1 saturated heterocycles. The van der Waals surface area contributed by atoms with Gasteiger partial charge in [-0.2, -0.15) is 0 Å². The Bertz CT molecular complexity index is 745. The normalized spacial score (nSPS) is 19.3. The zero-order chi connectivity index (χ0) is 17.8. The van der Waals surface area contributed by atoms with Crippen LogP contribution >= 0.6 is 11.8 Å². The minimum absolute atomic E-state index is 0.0357. The van der Waals surface area contributed by atoms with Crippen molar-refractivity contribution in [1.82, 2.24) is 14.9 Å². The molecule has 138 valence electrons. The van der Waals surface area contributed by atoms with Crippen molar-refractivity contribution in [3.63, 3.8) is 0 Å². The van der Waals surface area contributed by atoms with Crippen molar-refractivity contribution in [1.29, 1.82) is 0 Å². The zero-order valence-electron chi connectivity index (χ0n) is 14.9. The van der Waals surface area contributed by atoms with Crippen LogP contribution in [-0.2, 0) is 24.2 Å². The molecule has 1 aromatic heterocycles. The van der Waals surface area contributed by atoms with Crippen molar-refractivity contribution in [3.05, 3.63) is 47.5 Å². The molecule has 26 heavy (non-hydrogen) atoms. The van der Waals surface area contributed by atoms with E-state index in [-0.39, 0.29) is 5.91 Å². The molecule has 1 unspecified atom stereocenters. The number of aromatic nitrogens is 2. The Labute approximate surface area is 158 Å². The topological polar surface area (TPSA) is 56.2 Å². The quantitative estimate of drug-likeness (QED) is 0.791. The lowest BCUT2D eigenvalue weighted by Gasteiger charge is -2.12. The maximum absolute atomic E-state index is 12.7. The van der Waals surface area contributed by atoms with Crippen LogP contribution in [0.3, 0.4) is 0 Å². The van der Waals surface area contributed by atoms with Crippen molar-refractivity contribution >= 4 is 17.7 Å². The summed E-state index contributed by atoms with van der Waals surface area (Å²) < 4.78 is 7.91. The number of rotatable bonds is 6. The molecule has 2 aliphatic rings. The van der Waals surface area contributed by atoms with Crippen LogP contribution in [-0.4, -0.2) is 33.9 Å². The molecule has 1 aromatic carbocycles. The van der Waals surface area contributed by atoms with Crippen molar-refractivity contribution < 1.29 is 9.53 Å². The van der Waals surface area contributed by atoms with E-state index in [1.807, 2.05) is 24.3 Å². The molecule has 0 bridgehead atoms. The second-order valence-electron chi connectivity index (χ2n) is 6.92. The summed E-state index contributed by atoms with van der Waals surface area (Å²) in [5, 5.41) is 3.03. The van der Waals surface area contributed by atoms with Gasteiger partial charge in [-0.3, -0.25) is 4.79 Å². The van der Waals surface area contributed by atoms with Gasteiger partial charge >= 0.3 is 0 Å². The number of aryl methyl sites for hydroxylation is 2. The molecule has 1 fully saturated rings. The van der Waals surface area contributed by atoms with Crippen molar-refractivity contribution in [3.8, 4) is 0 Å². The number of hydrogen-bond donors (Lipinski definition) is 1. The molecule has 0 spiro atoms. The summed E-state index contributed by atoms with van der Waals surface area (Å²) in [5.41, 5.74) is 1.68. The Kier molecular flexibility index (Phi) is 5.60. The van der Waals surface area contributed by atoms with Gasteiger partial charge in [0.05, 0.1) is 23.9 Å². The smallest absolute Gasteiger partial charge is 0.252 e. The average molecular weight is 372 g/mol. The SMILES string of the molecule is O=C(NCc1cn2c(n1)CCCC2)c1ccccc1SCC1CCCO1. The molecule has 2 aromatic rings. The molecule has 6 heteroatoms. The van der Waals surface area contributed by atoms with Crippen molar-refractivity contribution in [2.24, 2.45) is 0 Å². The summed E-state index contributed by atoms with van der Waals surface area (Å²) in [5.74, 6) is 2.01.